The summed E-state index contributed by atoms with van der Waals surface area (Å²) in [6.07, 6.45) is 1.62. The van der Waals surface area contributed by atoms with Gasteiger partial charge in [-0.3, -0.25) is 5.21 Å². The van der Waals surface area contributed by atoms with Crippen molar-refractivity contribution in [3.05, 3.63) is 41.1 Å². The molecule has 11 heavy (non-hydrogen) atoms. The fourth-order valence-electron chi connectivity index (χ4n) is 0.798. The molecular formula is C8H9NO2. The largest absolute Gasteiger partial charge is 0.418 e. The maximum Gasteiger partial charge on any atom is 0.214 e. The zero-order valence-corrected chi connectivity index (χ0v) is 5.97. The summed E-state index contributed by atoms with van der Waals surface area (Å²) < 4.78 is 0. The van der Waals surface area contributed by atoms with Crippen molar-refractivity contribution in [1.29, 1.82) is 0 Å². The Hall–Kier alpha value is -1.51. The summed E-state index contributed by atoms with van der Waals surface area (Å²) in [5.41, 5.74) is 1.00. The van der Waals surface area contributed by atoms with E-state index in [0.717, 1.165) is 11.8 Å². The van der Waals surface area contributed by atoms with Crippen LogP contribution in [0.2, 0.25) is 0 Å². The fraction of sp³-hybridized carbons (Fsp3) is 0.125. The van der Waals surface area contributed by atoms with Gasteiger partial charge in [-0.05, 0) is 5.56 Å². The summed E-state index contributed by atoms with van der Waals surface area (Å²) in [5.74, 6) is 0. The molecule has 0 unspecified atom stereocenters. The Labute approximate surface area is 64.8 Å². The van der Waals surface area contributed by atoms with E-state index in [4.69, 9.17) is 5.21 Å². The van der Waals surface area contributed by atoms with Gasteiger partial charge in [0.05, 0.1) is 6.42 Å². The predicted octanol–water partition coefficient (Wildman–Crippen LogP) is 1.20. The van der Waals surface area contributed by atoms with Crippen LogP contribution in [0.25, 0.3) is 0 Å². The van der Waals surface area contributed by atoms with E-state index in [9.17, 15) is 5.21 Å². The van der Waals surface area contributed by atoms with Gasteiger partial charge in [0.1, 0.15) is 0 Å². The van der Waals surface area contributed by atoms with E-state index in [2.05, 4.69) is 0 Å². The zero-order chi connectivity index (χ0) is 8.10. The van der Waals surface area contributed by atoms with Crippen LogP contribution in [0.4, 0.5) is 0 Å². The van der Waals surface area contributed by atoms with Crippen LogP contribution in [0.15, 0.2) is 30.3 Å². The molecule has 0 aliphatic carbocycles. The van der Waals surface area contributed by atoms with Crippen molar-refractivity contribution in [1.82, 2.24) is 0 Å². The molecule has 0 aliphatic rings. The third-order valence-corrected chi connectivity index (χ3v) is 1.33. The molecule has 0 atom stereocenters. The average Bonchev–Trinajstić information content (AvgIpc) is 2.03. The molecular weight excluding hydrogens is 142 g/mol. The molecule has 0 bridgehead atoms. The van der Waals surface area contributed by atoms with Gasteiger partial charge in [0.15, 0.2) is 0 Å². The molecule has 0 fully saturated rings. The van der Waals surface area contributed by atoms with Gasteiger partial charge in [-0.2, -0.15) is 0 Å². The second kappa shape index (κ2) is 3.61. The van der Waals surface area contributed by atoms with E-state index in [1.807, 2.05) is 30.3 Å². The van der Waals surface area contributed by atoms with Crippen molar-refractivity contribution in [3.8, 4) is 0 Å². The van der Waals surface area contributed by atoms with Gasteiger partial charge in [0, 0.05) is 4.90 Å². The van der Waals surface area contributed by atoms with Crippen LogP contribution < -0.4 is 0 Å². The molecule has 0 amide bonds. The third kappa shape index (κ3) is 2.71. The lowest BCUT2D eigenvalue weighted by Crippen LogP contribution is -1.99. The molecule has 0 radical (unpaired) electrons. The minimum Gasteiger partial charge on any atom is -0.418 e. The lowest BCUT2D eigenvalue weighted by atomic mass is 10.2. The second-order valence-electron chi connectivity index (χ2n) is 2.17. The standard InChI is InChI=1S/C8H9NO2/c10-9(11)7-6-8-4-2-1-3-5-8/h1-5,7H,6H2,(H,10,11). The number of hydrogen-bond acceptors (Lipinski definition) is 2. The van der Waals surface area contributed by atoms with Crippen molar-refractivity contribution in [3.63, 3.8) is 0 Å². The number of nitrogens with zero attached hydrogens (tertiary/aromatic N) is 1. The first-order valence-electron chi connectivity index (χ1n) is 3.31. The highest BCUT2D eigenvalue weighted by molar-refractivity contribution is 5.55. The minimum absolute atomic E-state index is 0.174. The van der Waals surface area contributed by atoms with Crippen molar-refractivity contribution in [2.45, 2.75) is 6.42 Å². The Morgan fingerprint density at radius 3 is 2.55 bits per heavy atom. The minimum atomic E-state index is -0.174. The first kappa shape index (κ1) is 7.60. The van der Waals surface area contributed by atoms with Crippen LogP contribution in [-0.4, -0.2) is 16.3 Å². The Bertz CT molecular complexity index is 240. The van der Waals surface area contributed by atoms with Crippen LogP contribution in [0.5, 0.6) is 0 Å². The molecule has 0 aromatic heterocycles. The monoisotopic (exact) mass is 151 g/mol. The molecule has 1 aromatic carbocycles. The van der Waals surface area contributed by atoms with Crippen LogP contribution in [-0.2, 0) is 6.42 Å². The number of benzene rings is 1. The number of hydrogen-bond donors (Lipinski definition) is 1. The first-order chi connectivity index (χ1) is 5.29. The number of rotatable bonds is 2. The Morgan fingerprint density at radius 1 is 1.36 bits per heavy atom. The van der Waals surface area contributed by atoms with Gasteiger partial charge in [-0.25, -0.2) is 0 Å². The molecule has 0 saturated carbocycles. The highest BCUT2D eigenvalue weighted by atomic mass is 16.8. The summed E-state index contributed by atoms with van der Waals surface area (Å²) in [4.78, 5) is -0.174. The van der Waals surface area contributed by atoms with Crippen molar-refractivity contribution in [2.24, 2.45) is 0 Å². The van der Waals surface area contributed by atoms with E-state index in [1.165, 1.54) is 0 Å². The zero-order valence-electron chi connectivity index (χ0n) is 5.97. The molecule has 1 aromatic rings. The second-order valence-corrected chi connectivity index (χ2v) is 2.17. The van der Waals surface area contributed by atoms with Crippen molar-refractivity contribution in [2.75, 3.05) is 0 Å². The molecule has 0 aliphatic heterocycles. The van der Waals surface area contributed by atoms with Gasteiger partial charge in [0.2, 0.25) is 6.21 Å². The van der Waals surface area contributed by atoms with Crippen LogP contribution in [0.1, 0.15) is 5.56 Å². The van der Waals surface area contributed by atoms with Gasteiger partial charge in [0.25, 0.3) is 0 Å². The van der Waals surface area contributed by atoms with Crippen LogP contribution >= 0.6 is 0 Å². The van der Waals surface area contributed by atoms with Gasteiger partial charge in [-0.15, -0.1) is 0 Å². The summed E-state index contributed by atoms with van der Waals surface area (Å²) in [6, 6.07) is 9.45. The van der Waals surface area contributed by atoms with E-state index in [-0.39, 0.29) is 4.90 Å². The van der Waals surface area contributed by atoms with Gasteiger partial charge in [-0.1, -0.05) is 30.3 Å². The molecule has 3 heteroatoms. The van der Waals surface area contributed by atoms with E-state index >= 15 is 0 Å². The summed E-state index contributed by atoms with van der Waals surface area (Å²) in [6.45, 7) is 0. The molecule has 58 valence electrons. The van der Waals surface area contributed by atoms with Crippen molar-refractivity contribution < 1.29 is 10.1 Å². The summed E-state index contributed by atoms with van der Waals surface area (Å²) >= 11 is 0. The fourth-order valence-corrected chi connectivity index (χ4v) is 0.798. The highest BCUT2D eigenvalue weighted by Gasteiger charge is 1.91. The predicted molar refractivity (Wildman–Crippen MR) is 41.6 cm³/mol. The first-order valence-corrected chi connectivity index (χ1v) is 3.31. The third-order valence-electron chi connectivity index (χ3n) is 1.33. The lowest BCUT2D eigenvalue weighted by Gasteiger charge is -1.91. The normalized spacial score (nSPS) is 11.5. The van der Waals surface area contributed by atoms with E-state index < -0.39 is 0 Å². The summed E-state index contributed by atoms with van der Waals surface area (Å²) in [7, 11) is 0. The van der Waals surface area contributed by atoms with Crippen molar-refractivity contribution >= 4 is 6.21 Å². The van der Waals surface area contributed by atoms with E-state index in [0.29, 0.717) is 6.42 Å². The maximum atomic E-state index is 10.0. The molecule has 0 heterocycles. The SMILES string of the molecule is [O-][N+](O)=CCc1ccccc1. The molecule has 0 spiro atoms. The van der Waals surface area contributed by atoms with Gasteiger partial charge >= 0.3 is 0 Å². The smallest absolute Gasteiger partial charge is 0.214 e. The highest BCUT2D eigenvalue weighted by Crippen LogP contribution is 1.96. The van der Waals surface area contributed by atoms with Crippen LogP contribution in [0, 0.1) is 5.21 Å². The molecule has 1 N–H and O–H groups in total. The molecule has 3 nitrogen and oxygen atoms in total. The Kier molecular flexibility index (Phi) is 2.49. The summed E-state index contributed by atoms with van der Waals surface area (Å²) in [5, 5.41) is 18.3. The van der Waals surface area contributed by atoms with Crippen LogP contribution in [0.3, 0.4) is 0 Å². The Balaban J connectivity index is 2.59. The average molecular weight is 151 g/mol. The maximum absolute atomic E-state index is 10.0. The topological polar surface area (TPSA) is 46.3 Å². The molecule has 1 rings (SSSR count). The lowest BCUT2D eigenvalue weighted by molar-refractivity contribution is -0.723. The van der Waals surface area contributed by atoms with E-state index in [1.54, 1.807) is 0 Å². The van der Waals surface area contributed by atoms with Gasteiger partial charge < -0.3 is 5.21 Å². The Morgan fingerprint density at radius 2 is 2.00 bits per heavy atom. The molecule has 0 saturated heterocycles. The quantitative estimate of drug-likeness (QED) is 0.299.